The molecule has 0 fully saturated rings. The lowest BCUT2D eigenvalue weighted by atomic mass is 9.87. The van der Waals surface area contributed by atoms with Crippen LogP contribution in [0.25, 0.3) is 0 Å². The minimum absolute atomic E-state index is 0. The first-order valence-electron chi connectivity index (χ1n) is 7.52. The number of hydrogen-bond donors (Lipinski definition) is 0. The van der Waals surface area contributed by atoms with Crippen molar-refractivity contribution in [3.63, 3.8) is 0 Å². The summed E-state index contributed by atoms with van der Waals surface area (Å²) in [5.41, 5.74) is 3.31. The molecule has 2 heteroatoms. The lowest BCUT2D eigenvalue weighted by Gasteiger charge is -2.18. The monoisotopic (exact) mass is 472 g/mol. The van der Waals surface area contributed by atoms with Crippen molar-refractivity contribution in [3.8, 4) is 0 Å². The molecule has 22 heavy (non-hydrogen) atoms. The van der Waals surface area contributed by atoms with Crippen molar-refractivity contribution in [3.05, 3.63) is 66.8 Å². The van der Waals surface area contributed by atoms with E-state index in [0.29, 0.717) is 0 Å². The van der Waals surface area contributed by atoms with E-state index >= 15 is 0 Å². The fourth-order valence-electron chi connectivity index (χ4n) is 2.15. The van der Waals surface area contributed by atoms with Crippen LogP contribution in [0.3, 0.4) is 0 Å². The van der Waals surface area contributed by atoms with Crippen LogP contribution in [0.15, 0.2) is 48.5 Å². The second-order valence-electron chi connectivity index (χ2n) is 7.61. The van der Waals surface area contributed by atoms with E-state index in [4.69, 9.17) is 0 Å². The maximum absolute atomic E-state index is 2.31. The van der Waals surface area contributed by atoms with Crippen molar-refractivity contribution in [2.75, 3.05) is 0 Å². The van der Waals surface area contributed by atoms with Gasteiger partial charge in [0, 0.05) is 0 Å². The summed E-state index contributed by atoms with van der Waals surface area (Å²) in [6.07, 6.45) is 0. The van der Waals surface area contributed by atoms with Gasteiger partial charge < -0.3 is 17.0 Å². The average molecular weight is 473 g/mol. The first kappa shape index (κ1) is 19.7. The van der Waals surface area contributed by atoms with Gasteiger partial charge in [-0.05, 0) is 46.2 Å². The van der Waals surface area contributed by atoms with Crippen LogP contribution in [0.4, 0.5) is 0 Å². The molecule has 0 spiro atoms. The second kappa shape index (κ2) is 7.48. The Hall–Kier alpha value is -0.350. The summed E-state index contributed by atoms with van der Waals surface area (Å²) in [4.78, 5) is 0. The molecule has 0 saturated carbocycles. The molecule has 0 heterocycles. The Bertz CT molecular complexity index is 528. The summed E-state index contributed by atoms with van der Waals surface area (Å²) < 4.78 is 2.98. The van der Waals surface area contributed by atoms with Crippen LogP contribution in [0, 0.1) is 7.14 Å². The minimum Gasteiger partial charge on any atom is -1.00 e. The minimum atomic E-state index is -0.0703. The third kappa shape index (κ3) is 5.38. The quantitative estimate of drug-likeness (QED) is 0.513. The molecule has 2 rings (SSSR count). The van der Waals surface area contributed by atoms with Crippen molar-refractivity contribution in [2.24, 2.45) is 0 Å². The van der Waals surface area contributed by atoms with Gasteiger partial charge in [0.05, 0.1) is 0 Å². The molecular weight excluding hydrogens is 447 g/mol. The Morgan fingerprint density at radius 3 is 1.05 bits per heavy atom. The first-order chi connectivity index (χ1) is 9.66. The Morgan fingerprint density at radius 1 is 0.545 bits per heavy atom. The molecule has 0 N–H and O–H groups in total. The molecule has 0 amide bonds. The summed E-state index contributed by atoms with van der Waals surface area (Å²) >= 11 is -0.0703. The van der Waals surface area contributed by atoms with Gasteiger partial charge in [0.1, 0.15) is 0 Å². The van der Waals surface area contributed by atoms with Crippen molar-refractivity contribution in [1.29, 1.82) is 0 Å². The van der Waals surface area contributed by atoms with Crippen LogP contribution in [-0.4, -0.2) is 0 Å². The summed E-state index contributed by atoms with van der Waals surface area (Å²) in [5.74, 6) is 0. The van der Waals surface area contributed by atoms with E-state index in [1.807, 2.05) is 0 Å². The summed E-state index contributed by atoms with van der Waals surface area (Å²) in [7, 11) is 0. The largest absolute Gasteiger partial charge is 1.00 e. The fraction of sp³-hybridized carbons (Fsp3) is 0.400. The average Bonchev–Trinajstić information content (AvgIpc) is 2.38. The standard InChI is InChI=1S/C20H26I.BrH/c1-19(2,3)15-7-11-17(12-8-15)21-18-13-9-16(10-14-18)20(4,5)6;/h7-14H,1-6H3;1H/q+1;/p-1. The van der Waals surface area contributed by atoms with Crippen LogP contribution in [0.1, 0.15) is 52.7 Å². The maximum Gasteiger partial charge on any atom is 0.357 e. The molecule has 0 aliphatic carbocycles. The smallest absolute Gasteiger partial charge is 0.357 e. The third-order valence-electron chi connectivity index (χ3n) is 3.64. The molecule has 0 aliphatic rings. The molecule has 0 bridgehead atoms. The molecule has 0 atom stereocenters. The summed E-state index contributed by atoms with van der Waals surface area (Å²) in [6.45, 7) is 13.6. The predicted octanol–water partition coefficient (Wildman–Crippen LogP) is -0.586. The second-order valence-corrected chi connectivity index (χ2v) is 10.6. The summed E-state index contributed by atoms with van der Waals surface area (Å²) in [5, 5.41) is 0. The molecule has 120 valence electrons. The number of benzene rings is 2. The number of rotatable bonds is 2. The Balaban J connectivity index is 0.00000242. The molecule has 0 radical (unpaired) electrons. The molecule has 2 aromatic carbocycles. The van der Waals surface area contributed by atoms with E-state index in [9.17, 15) is 0 Å². The van der Waals surface area contributed by atoms with Gasteiger partial charge in [-0.3, -0.25) is 0 Å². The summed E-state index contributed by atoms with van der Waals surface area (Å²) in [6, 6.07) is 18.4. The van der Waals surface area contributed by atoms with Crippen LogP contribution in [0.2, 0.25) is 0 Å². The number of hydrogen-bond acceptors (Lipinski definition) is 0. The van der Waals surface area contributed by atoms with Crippen molar-refractivity contribution < 1.29 is 38.2 Å². The topological polar surface area (TPSA) is 0 Å². The highest BCUT2D eigenvalue weighted by Crippen LogP contribution is 2.21. The van der Waals surface area contributed by atoms with Crippen LogP contribution < -0.4 is 38.2 Å². The molecule has 0 unspecified atom stereocenters. The van der Waals surface area contributed by atoms with Gasteiger partial charge in [-0.1, -0.05) is 65.8 Å². The first-order valence-corrected chi connectivity index (χ1v) is 9.68. The van der Waals surface area contributed by atoms with Gasteiger partial charge in [-0.15, -0.1) is 0 Å². The van der Waals surface area contributed by atoms with Gasteiger partial charge in [0.15, 0.2) is 7.14 Å². The highest BCUT2D eigenvalue weighted by Gasteiger charge is 2.20. The van der Waals surface area contributed by atoms with Gasteiger partial charge in [0.25, 0.3) is 0 Å². The Morgan fingerprint density at radius 2 is 0.818 bits per heavy atom. The van der Waals surface area contributed by atoms with E-state index in [2.05, 4.69) is 90.1 Å². The van der Waals surface area contributed by atoms with Gasteiger partial charge in [-0.25, -0.2) is 0 Å². The zero-order valence-corrected chi connectivity index (χ0v) is 18.1. The fourth-order valence-corrected chi connectivity index (χ4v) is 4.31. The van der Waals surface area contributed by atoms with E-state index in [1.54, 1.807) is 0 Å². The number of halogens is 2. The van der Waals surface area contributed by atoms with Crippen molar-refractivity contribution in [2.45, 2.75) is 52.4 Å². The molecular formula is C20H26BrI. The van der Waals surface area contributed by atoms with Crippen LogP contribution in [0.5, 0.6) is 0 Å². The molecule has 0 nitrogen and oxygen atoms in total. The predicted molar refractivity (Wildman–Crippen MR) is 87.7 cm³/mol. The lowest BCUT2D eigenvalue weighted by Crippen LogP contribution is -3.61. The van der Waals surface area contributed by atoms with E-state index in [1.165, 1.54) is 18.3 Å². The van der Waals surface area contributed by atoms with Gasteiger partial charge >= 0.3 is 21.2 Å². The van der Waals surface area contributed by atoms with E-state index in [0.717, 1.165) is 0 Å². The van der Waals surface area contributed by atoms with Crippen molar-refractivity contribution >= 4 is 0 Å². The zero-order chi connectivity index (χ0) is 15.7. The highest BCUT2D eigenvalue weighted by molar-refractivity contribution is 5.23. The Labute approximate surface area is 156 Å². The molecule has 0 aliphatic heterocycles. The van der Waals surface area contributed by atoms with Crippen molar-refractivity contribution in [1.82, 2.24) is 0 Å². The van der Waals surface area contributed by atoms with Crippen LogP contribution in [-0.2, 0) is 10.8 Å². The van der Waals surface area contributed by atoms with Gasteiger partial charge in [0.2, 0.25) is 0 Å². The molecule has 0 saturated heterocycles. The van der Waals surface area contributed by atoms with Crippen LogP contribution >= 0.6 is 0 Å². The lowest BCUT2D eigenvalue weighted by molar-refractivity contribution is -0.597. The highest BCUT2D eigenvalue weighted by atomic mass is 127. The van der Waals surface area contributed by atoms with E-state index in [-0.39, 0.29) is 49.0 Å². The van der Waals surface area contributed by atoms with E-state index < -0.39 is 0 Å². The maximum atomic E-state index is 2.31. The van der Waals surface area contributed by atoms with Gasteiger partial charge in [-0.2, -0.15) is 0 Å². The molecule has 2 aromatic rings. The SMILES string of the molecule is CC(C)(C)c1ccc([I+]c2ccc(C(C)(C)C)cc2)cc1.[Br-]. The Kier molecular flexibility index (Phi) is 6.70. The molecule has 0 aromatic heterocycles. The zero-order valence-electron chi connectivity index (χ0n) is 14.4. The third-order valence-corrected chi connectivity index (χ3v) is 6.32. The normalized spacial score (nSPS) is 11.9.